The minimum atomic E-state index is -1.05. The minimum Gasteiger partial charge on any atom is -0.388 e. The molecule has 2 atom stereocenters. The number of amides is 1. The number of aromatic nitrogens is 4. The monoisotopic (exact) mass is 499 g/mol. The molecule has 1 saturated carbocycles. The second-order valence-electron chi connectivity index (χ2n) is 10.6. The number of carbonyl (C=O) groups excluding carboxylic acids is 1. The first-order chi connectivity index (χ1) is 18.0. The van der Waals surface area contributed by atoms with Crippen LogP contribution in [0.4, 0.5) is 0 Å². The third kappa shape index (κ3) is 4.50. The number of fused-ring (bicyclic) bond motifs is 1. The van der Waals surface area contributed by atoms with E-state index in [4.69, 9.17) is 0 Å². The van der Waals surface area contributed by atoms with Crippen LogP contribution in [0.3, 0.4) is 0 Å². The normalized spacial score (nSPS) is 21.8. The maximum Gasteiger partial charge on any atom is 0.262 e. The van der Waals surface area contributed by atoms with Gasteiger partial charge in [0, 0.05) is 43.4 Å². The Balaban J connectivity index is 1.15. The summed E-state index contributed by atoms with van der Waals surface area (Å²) in [6.45, 7) is 1.17. The summed E-state index contributed by atoms with van der Waals surface area (Å²) in [7, 11) is 0. The van der Waals surface area contributed by atoms with E-state index in [2.05, 4.69) is 21.9 Å². The van der Waals surface area contributed by atoms with Gasteiger partial charge in [-0.2, -0.15) is 0 Å². The molecule has 1 saturated heterocycles. The second-order valence-corrected chi connectivity index (χ2v) is 10.6. The van der Waals surface area contributed by atoms with Gasteiger partial charge in [-0.1, -0.05) is 31.0 Å². The van der Waals surface area contributed by atoms with Gasteiger partial charge in [0.2, 0.25) is 5.91 Å². The highest BCUT2D eigenvalue weighted by atomic mass is 16.3. The SMILES string of the molecule is O=C(C1CCCCC1n1cccc1)N1CCC(O)(Cn2cnc3c(ccn3-c3ccccc3)c2=O)CC1. The van der Waals surface area contributed by atoms with Gasteiger partial charge in [0.1, 0.15) is 6.33 Å². The van der Waals surface area contributed by atoms with Crippen LogP contribution in [-0.4, -0.2) is 53.3 Å². The molecule has 2 aliphatic rings. The van der Waals surface area contributed by atoms with Gasteiger partial charge in [-0.25, -0.2) is 4.98 Å². The average molecular weight is 500 g/mol. The van der Waals surface area contributed by atoms with Gasteiger partial charge >= 0.3 is 0 Å². The minimum absolute atomic E-state index is 0.0183. The zero-order valence-corrected chi connectivity index (χ0v) is 20.9. The first kappa shape index (κ1) is 23.7. The Morgan fingerprint density at radius 1 is 0.973 bits per heavy atom. The Morgan fingerprint density at radius 3 is 2.46 bits per heavy atom. The van der Waals surface area contributed by atoms with Gasteiger partial charge in [-0.3, -0.25) is 14.2 Å². The maximum absolute atomic E-state index is 13.5. The summed E-state index contributed by atoms with van der Waals surface area (Å²) < 4.78 is 5.59. The molecule has 1 amide bonds. The molecule has 2 unspecified atom stereocenters. The molecule has 0 spiro atoms. The van der Waals surface area contributed by atoms with Crippen LogP contribution in [0, 0.1) is 5.92 Å². The van der Waals surface area contributed by atoms with E-state index in [1.807, 2.05) is 58.1 Å². The lowest BCUT2D eigenvalue weighted by molar-refractivity contribution is -0.142. The molecule has 0 radical (unpaired) electrons. The number of para-hydroxylation sites is 1. The van der Waals surface area contributed by atoms with Crippen molar-refractivity contribution in [3.05, 3.63) is 83.8 Å². The van der Waals surface area contributed by atoms with Crippen LogP contribution in [0.5, 0.6) is 0 Å². The van der Waals surface area contributed by atoms with Crippen molar-refractivity contribution in [2.75, 3.05) is 13.1 Å². The fourth-order valence-electron chi connectivity index (χ4n) is 6.14. The Bertz CT molecular complexity index is 1430. The summed E-state index contributed by atoms with van der Waals surface area (Å²) in [6.07, 6.45) is 12.5. The number of benzene rings is 1. The average Bonchev–Trinajstić information content (AvgIpc) is 3.62. The largest absolute Gasteiger partial charge is 0.388 e. The van der Waals surface area contributed by atoms with E-state index in [9.17, 15) is 14.7 Å². The second kappa shape index (κ2) is 9.67. The number of aliphatic hydroxyl groups is 1. The molecule has 192 valence electrons. The van der Waals surface area contributed by atoms with Gasteiger partial charge in [0.25, 0.3) is 5.56 Å². The summed E-state index contributed by atoms with van der Waals surface area (Å²) in [5.74, 6) is 0.179. The van der Waals surface area contributed by atoms with Crippen LogP contribution >= 0.6 is 0 Å². The first-order valence-corrected chi connectivity index (χ1v) is 13.3. The van der Waals surface area contributed by atoms with E-state index in [1.54, 1.807) is 6.07 Å². The van der Waals surface area contributed by atoms with Crippen LogP contribution < -0.4 is 5.56 Å². The standard InChI is InChI=1S/C29H33N5O3/c35-27(23-10-4-5-11-25(23)31-15-6-7-16-31)32-18-13-29(37,14-19-32)20-33-21-30-26-24(28(33)36)12-17-34(26)22-8-2-1-3-9-22/h1-3,6-9,12,15-17,21,23,25,37H,4-5,10-11,13-14,18-20H2. The Labute approximate surface area is 215 Å². The Kier molecular flexibility index (Phi) is 6.20. The van der Waals surface area contributed by atoms with Gasteiger partial charge in [0.15, 0.2) is 5.65 Å². The van der Waals surface area contributed by atoms with Crippen molar-refractivity contribution >= 4 is 16.9 Å². The molecule has 8 heteroatoms. The molecule has 8 nitrogen and oxygen atoms in total. The predicted octanol–water partition coefficient (Wildman–Crippen LogP) is 3.77. The number of carbonyl (C=O) groups is 1. The third-order valence-corrected chi connectivity index (χ3v) is 8.23. The van der Waals surface area contributed by atoms with Gasteiger partial charge in [-0.15, -0.1) is 0 Å². The number of hydrogen-bond acceptors (Lipinski definition) is 4. The lowest BCUT2D eigenvalue weighted by Crippen LogP contribution is -2.51. The lowest BCUT2D eigenvalue weighted by atomic mass is 9.82. The van der Waals surface area contributed by atoms with Gasteiger partial charge in [-0.05, 0) is 56.0 Å². The highest BCUT2D eigenvalue weighted by Gasteiger charge is 2.39. The smallest absolute Gasteiger partial charge is 0.262 e. The third-order valence-electron chi connectivity index (χ3n) is 8.23. The van der Waals surface area contributed by atoms with Crippen molar-refractivity contribution in [2.45, 2.75) is 56.7 Å². The summed E-state index contributed by atoms with van der Waals surface area (Å²) in [6, 6.07) is 15.8. The van der Waals surface area contributed by atoms with E-state index in [0.29, 0.717) is 37.0 Å². The van der Waals surface area contributed by atoms with Crippen molar-refractivity contribution in [3.8, 4) is 5.69 Å². The van der Waals surface area contributed by atoms with Crippen molar-refractivity contribution in [2.24, 2.45) is 5.92 Å². The number of hydrogen-bond donors (Lipinski definition) is 1. The number of rotatable bonds is 5. The molecule has 0 bridgehead atoms. The summed E-state index contributed by atoms with van der Waals surface area (Å²) in [5.41, 5.74) is 0.326. The Hall–Kier alpha value is -3.65. The molecular formula is C29H33N5O3. The molecule has 4 aromatic rings. The highest BCUT2D eigenvalue weighted by Crippen LogP contribution is 2.36. The van der Waals surface area contributed by atoms with E-state index >= 15 is 0 Å². The number of nitrogens with zero attached hydrogens (tertiary/aromatic N) is 5. The quantitative estimate of drug-likeness (QED) is 0.453. The fraction of sp³-hybridized carbons (Fsp3) is 0.414. The topological polar surface area (TPSA) is 85.3 Å². The predicted molar refractivity (Wildman–Crippen MR) is 142 cm³/mol. The molecule has 1 aliphatic carbocycles. The molecule has 1 aromatic carbocycles. The molecule has 4 heterocycles. The molecule has 6 rings (SSSR count). The molecule has 1 aliphatic heterocycles. The van der Waals surface area contributed by atoms with Gasteiger partial charge < -0.3 is 19.1 Å². The lowest BCUT2D eigenvalue weighted by Gasteiger charge is -2.41. The van der Waals surface area contributed by atoms with Gasteiger partial charge in [0.05, 0.1) is 23.4 Å². The van der Waals surface area contributed by atoms with E-state index in [-0.39, 0.29) is 30.0 Å². The van der Waals surface area contributed by atoms with Crippen molar-refractivity contribution < 1.29 is 9.90 Å². The molecule has 3 aromatic heterocycles. The van der Waals surface area contributed by atoms with E-state index in [0.717, 1.165) is 31.4 Å². The van der Waals surface area contributed by atoms with Crippen LogP contribution in [0.25, 0.3) is 16.7 Å². The molecular weight excluding hydrogens is 466 g/mol. The van der Waals surface area contributed by atoms with E-state index < -0.39 is 5.60 Å². The van der Waals surface area contributed by atoms with Crippen LogP contribution in [0.15, 0.2) is 78.2 Å². The van der Waals surface area contributed by atoms with Crippen molar-refractivity contribution in [1.82, 2.24) is 23.6 Å². The summed E-state index contributed by atoms with van der Waals surface area (Å²) in [4.78, 5) is 33.2. The zero-order valence-electron chi connectivity index (χ0n) is 20.9. The fourth-order valence-corrected chi connectivity index (χ4v) is 6.14. The highest BCUT2D eigenvalue weighted by molar-refractivity contribution is 5.79. The van der Waals surface area contributed by atoms with Crippen LogP contribution in [0.2, 0.25) is 0 Å². The number of likely N-dealkylation sites (tertiary alicyclic amines) is 1. The first-order valence-electron chi connectivity index (χ1n) is 13.3. The number of piperidine rings is 1. The summed E-state index contributed by atoms with van der Waals surface area (Å²) >= 11 is 0. The molecule has 2 fully saturated rings. The molecule has 37 heavy (non-hydrogen) atoms. The van der Waals surface area contributed by atoms with E-state index in [1.165, 1.54) is 10.9 Å². The van der Waals surface area contributed by atoms with Crippen LogP contribution in [0.1, 0.15) is 44.6 Å². The van der Waals surface area contributed by atoms with Crippen molar-refractivity contribution in [1.29, 1.82) is 0 Å². The maximum atomic E-state index is 13.5. The molecule has 1 N–H and O–H groups in total. The van der Waals surface area contributed by atoms with Crippen molar-refractivity contribution in [3.63, 3.8) is 0 Å². The summed E-state index contributed by atoms with van der Waals surface area (Å²) in [5, 5.41) is 11.9. The van der Waals surface area contributed by atoms with Crippen LogP contribution in [-0.2, 0) is 11.3 Å². The zero-order chi connectivity index (χ0) is 25.4. The Morgan fingerprint density at radius 2 is 1.70 bits per heavy atom.